The summed E-state index contributed by atoms with van der Waals surface area (Å²) in [6, 6.07) is 6.10. The number of nitrogens with zero attached hydrogens (tertiary/aromatic N) is 3. The van der Waals surface area contributed by atoms with Crippen molar-refractivity contribution >= 4 is 11.9 Å². The van der Waals surface area contributed by atoms with E-state index in [-0.39, 0.29) is 11.7 Å². The third-order valence-corrected chi connectivity index (χ3v) is 4.34. The van der Waals surface area contributed by atoms with Gasteiger partial charge in [0.2, 0.25) is 5.95 Å². The van der Waals surface area contributed by atoms with Crippen molar-refractivity contribution < 1.29 is 9.18 Å². The standard InChI is InChI=1S/C19H23FN4O/c1-2-5-17-16(13-22-19(23-17)24-10-3-4-11-24)18(25)21-12-14-6-8-15(20)9-7-14/h6-9,13H,2-5,10-12H2,1H3,(H,21,25). The number of carbonyl (C=O) groups is 1. The Morgan fingerprint density at radius 3 is 2.64 bits per heavy atom. The van der Waals surface area contributed by atoms with E-state index in [4.69, 9.17) is 0 Å². The van der Waals surface area contributed by atoms with Gasteiger partial charge in [0.1, 0.15) is 5.82 Å². The summed E-state index contributed by atoms with van der Waals surface area (Å²) in [6.07, 6.45) is 5.60. The summed E-state index contributed by atoms with van der Waals surface area (Å²) < 4.78 is 12.9. The number of halogens is 1. The molecule has 1 N–H and O–H groups in total. The van der Waals surface area contributed by atoms with Crippen LogP contribution in [0.5, 0.6) is 0 Å². The maximum absolute atomic E-state index is 12.9. The highest BCUT2D eigenvalue weighted by atomic mass is 19.1. The minimum absolute atomic E-state index is 0.194. The van der Waals surface area contributed by atoms with E-state index < -0.39 is 0 Å². The van der Waals surface area contributed by atoms with Crippen LogP contribution in [-0.4, -0.2) is 29.0 Å². The zero-order valence-electron chi connectivity index (χ0n) is 14.5. The number of nitrogens with one attached hydrogen (secondary N) is 1. The lowest BCUT2D eigenvalue weighted by Gasteiger charge is -2.17. The van der Waals surface area contributed by atoms with Crippen LogP contribution in [-0.2, 0) is 13.0 Å². The molecule has 0 spiro atoms. The molecule has 1 aromatic heterocycles. The van der Waals surface area contributed by atoms with Crippen molar-refractivity contribution in [2.75, 3.05) is 18.0 Å². The number of benzene rings is 1. The third-order valence-electron chi connectivity index (χ3n) is 4.34. The van der Waals surface area contributed by atoms with Crippen LogP contribution in [0.25, 0.3) is 0 Å². The Morgan fingerprint density at radius 1 is 1.24 bits per heavy atom. The predicted molar refractivity (Wildman–Crippen MR) is 95.0 cm³/mol. The molecule has 132 valence electrons. The quantitative estimate of drug-likeness (QED) is 0.876. The van der Waals surface area contributed by atoms with Crippen molar-refractivity contribution in [1.82, 2.24) is 15.3 Å². The molecule has 0 radical (unpaired) electrons. The van der Waals surface area contributed by atoms with Crippen LogP contribution < -0.4 is 10.2 Å². The van der Waals surface area contributed by atoms with Crippen molar-refractivity contribution in [3.05, 3.63) is 53.1 Å². The molecule has 0 atom stereocenters. The molecule has 1 amide bonds. The summed E-state index contributed by atoms with van der Waals surface area (Å²) >= 11 is 0. The first-order chi connectivity index (χ1) is 12.2. The number of aryl methyl sites for hydroxylation is 1. The topological polar surface area (TPSA) is 58.1 Å². The summed E-state index contributed by atoms with van der Waals surface area (Å²) in [7, 11) is 0. The summed E-state index contributed by atoms with van der Waals surface area (Å²) in [5.41, 5.74) is 2.16. The molecule has 5 nitrogen and oxygen atoms in total. The van der Waals surface area contributed by atoms with Gasteiger partial charge in [-0.25, -0.2) is 14.4 Å². The molecule has 1 aliphatic heterocycles. The van der Waals surface area contributed by atoms with E-state index in [1.54, 1.807) is 18.3 Å². The lowest BCUT2D eigenvalue weighted by molar-refractivity contribution is 0.0949. The van der Waals surface area contributed by atoms with Gasteiger partial charge in [-0.2, -0.15) is 0 Å². The van der Waals surface area contributed by atoms with Crippen molar-refractivity contribution in [2.45, 2.75) is 39.2 Å². The zero-order chi connectivity index (χ0) is 17.6. The number of rotatable bonds is 6. The first kappa shape index (κ1) is 17.3. The first-order valence-electron chi connectivity index (χ1n) is 8.81. The number of carbonyl (C=O) groups excluding carboxylic acids is 1. The molecular weight excluding hydrogens is 319 g/mol. The molecule has 1 saturated heterocycles. The number of hydrogen-bond donors (Lipinski definition) is 1. The normalized spacial score (nSPS) is 13.9. The second-order valence-electron chi connectivity index (χ2n) is 6.28. The van der Waals surface area contributed by atoms with Crippen LogP contribution in [0.4, 0.5) is 10.3 Å². The van der Waals surface area contributed by atoms with Gasteiger partial charge in [0.15, 0.2) is 0 Å². The van der Waals surface area contributed by atoms with Gasteiger partial charge in [0, 0.05) is 25.8 Å². The van der Waals surface area contributed by atoms with Crippen LogP contribution in [0.15, 0.2) is 30.5 Å². The van der Waals surface area contributed by atoms with Crippen molar-refractivity contribution in [2.24, 2.45) is 0 Å². The minimum Gasteiger partial charge on any atom is -0.348 e. The van der Waals surface area contributed by atoms with Gasteiger partial charge in [-0.05, 0) is 37.0 Å². The molecule has 6 heteroatoms. The average molecular weight is 342 g/mol. The van der Waals surface area contributed by atoms with Crippen molar-refractivity contribution in [1.29, 1.82) is 0 Å². The Balaban J connectivity index is 1.72. The molecular formula is C19H23FN4O. The summed E-state index contributed by atoms with van der Waals surface area (Å²) in [5.74, 6) is 0.239. The molecule has 1 fully saturated rings. The van der Waals surface area contributed by atoms with Crippen LogP contribution >= 0.6 is 0 Å². The fourth-order valence-corrected chi connectivity index (χ4v) is 2.97. The Labute approximate surface area is 147 Å². The molecule has 25 heavy (non-hydrogen) atoms. The van der Waals surface area contributed by atoms with E-state index in [1.807, 2.05) is 0 Å². The van der Waals surface area contributed by atoms with Crippen molar-refractivity contribution in [3.63, 3.8) is 0 Å². The average Bonchev–Trinajstić information content (AvgIpc) is 3.16. The molecule has 3 rings (SSSR count). The lowest BCUT2D eigenvalue weighted by Crippen LogP contribution is -2.26. The van der Waals surface area contributed by atoms with Gasteiger partial charge in [-0.3, -0.25) is 4.79 Å². The van der Waals surface area contributed by atoms with Gasteiger partial charge in [0.05, 0.1) is 11.3 Å². The van der Waals surface area contributed by atoms with E-state index in [2.05, 4.69) is 27.1 Å². The molecule has 0 unspecified atom stereocenters. The Bertz CT molecular complexity index is 727. The SMILES string of the molecule is CCCc1nc(N2CCCC2)ncc1C(=O)NCc1ccc(F)cc1. The number of hydrogen-bond acceptors (Lipinski definition) is 4. The second kappa shape index (κ2) is 8.05. The van der Waals surface area contributed by atoms with Crippen LogP contribution in [0.3, 0.4) is 0 Å². The molecule has 0 aliphatic carbocycles. The van der Waals surface area contributed by atoms with E-state index in [0.717, 1.165) is 56.0 Å². The molecule has 1 aromatic carbocycles. The molecule has 0 saturated carbocycles. The van der Waals surface area contributed by atoms with Crippen LogP contribution in [0.2, 0.25) is 0 Å². The van der Waals surface area contributed by atoms with Gasteiger partial charge in [0.25, 0.3) is 5.91 Å². The first-order valence-corrected chi connectivity index (χ1v) is 8.81. The Morgan fingerprint density at radius 2 is 1.96 bits per heavy atom. The summed E-state index contributed by atoms with van der Waals surface area (Å²) in [6.45, 7) is 4.36. The number of aromatic nitrogens is 2. The maximum atomic E-state index is 12.9. The van der Waals surface area contributed by atoms with E-state index in [1.165, 1.54) is 12.1 Å². The van der Waals surface area contributed by atoms with E-state index >= 15 is 0 Å². The molecule has 2 heterocycles. The lowest BCUT2D eigenvalue weighted by atomic mass is 10.1. The van der Waals surface area contributed by atoms with Gasteiger partial charge < -0.3 is 10.2 Å². The fourth-order valence-electron chi connectivity index (χ4n) is 2.97. The third kappa shape index (κ3) is 4.32. The van der Waals surface area contributed by atoms with Gasteiger partial charge in [-0.15, -0.1) is 0 Å². The van der Waals surface area contributed by atoms with E-state index in [0.29, 0.717) is 12.1 Å². The minimum atomic E-state index is -0.286. The highest BCUT2D eigenvalue weighted by molar-refractivity contribution is 5.95. The smallest absolute Gasteiger partial charge is 0.254 e. The van der Waals surface area contributed by atoms with Crippen LogP contribution in [0, 0.1) is 5.82 Å². The molecule has 2 aromatic rings. The largest absolute Gasteiger partial charge is 0.348 e. The predicted octanol–water partition coefficient (Wildman–Crippen LogP) is 3.10. The zero-order valence-corrected chi connectivity index (χ0v) is 14.5. The molecule has 1 aliphatic rings. The van der Waals surface area contributed by atoms with Gasteiger partial charge in [-0.1, -0.05) is 25.5 Å². The Kier molecular flexibility index (Phi) is 5.58. The second-order valence-corrected chi connectivity index (χ2v) is 6.28. The Hall–Kier alpha value is -2.50. The van der Waals surface area contributed by atoms with Gasteiger partial charge >= 0.3 is 0 Å². The summed E-state index contributed by atoms with van der Waals surface area (Å²) in [5, 5.41) is 2.87. The molecule has 0 bridgehead atoms. The number of anilines is 1. The highest BCUT2D eigenvalue weighted by Gasteiger charge is 2.19. The summed E-state index contributed by atoms with van der Waals surface area (Å²) in [4.78, 5) is 23.7. The highest BCUT2D eigenvalue weighted by Crippen LogP contribution is 2.18. The fraction of sp³-hybridized carbons (Fsp3) is 0.421. The monoisotopic (exact) mass is 342 g/mol. The van der Waals surface area contributed by atoms with E-state index in [9.17, 15) is 9.18 Å². The van der Waals surface area contributed by atoms with Crippen molar-refractivity contribution in [3.8, 4) is 0 Å². The maximum Gasteiger partial charge on any atom is 0.254 e. The number of amides is 1. The van der Waals surface area contributed by atoms with Crippen LogP contribution in [0.1, 0.15) is 47.8 Å².